The molecule has 0 aliphatic carbocycles. The first kappa shape index (κ1) is 11.4. The summed E-state index contributed by atoms with van der Waals surface area (Å²) in [6.45, 7) is 3.14. The summed E-state index contributed by atoms with van der Waals surface area (Å²) in [5, 5.41) is 0. The molecule has 0 aliphatic heterocycles. The van der Waals surface area contributed by atoms with Gasteiger partial charge in [-0.3, -0.25) is 0 Å². The van der Waals surface area contributed by atoms with E-state index in [1.807, 2.05) is 0 Å². The van der Waals surface area contributed by atoms with Crippen molar-refractivity contribution >= 4 is 7.82 Å². The van der Waals surface area contributed by atoms with Gasteiger partial charge in [0.15, 0.2) is 0 Å². The zero-order valence-corrected chi connectivity index (χ0v) is 5.29. The Morgan fingerprint density at radius 3 is 1.89 bits per heavy atom. The van der Waals surface area contributed by atoms with E-state index in [0.29, 0.717) is 0 Å². The third-order valence-electron chi connectivity index (χ3n) is 0.0899. The van der Waals surface area contributed by atoms with Crippen LogP contribution in [0.5, 0.6) is 0 Å². The predicted octanol–water partition coefficient (Wildman–Crippen LogP) is 0.0688. The summed E-state index contributed by atoms with van der Waals surface area (Å²) in [7, 11) is -4.81. The van der Waals surface area contributed by atoms with Gasteiger partial charge in [0, 0.05) is 0 Å². The molecule has 0 aromatic carbocycles. The van der Waals surface area contributed by atoms with Crippen molar-refractivity contribution < 1.29 is 23.6 Å². The van der Waals surface area contributed by atoms with Gasteiger partial charge in [-0.15, -0.1) is 0 Å². The van der Waals surface area contributed by atoms with E-state index >= 15 is 0 Å². The Morgan fingerprint density at radius 2 is 1.89 bits per heavy atom. The van der Waals surface area contributed by atoms with Gasteiger partial charge in [-0.25, -0.2) is 4.57 Å². The van der Waals surface area contributed by atoms with Gasteiger partial charge in [-0.05, 0) is 10.7 Å². The molecule has 0 fully saturated rings. The fraction of sp³-hybridized carbons (Fsp3) is 0. The van der Waals surface area contributed by atoms with Crippen LogP contribution in [0.25, 0.3) is 0 Å². The molecule has 5 nitrogen and oxygen atoms in total. The van der Waals surface area contributed by atoms with Crippen molar-refractivity contribution in [2.24, 2.45) is 5.73 Å². The number of hydrogen-bond acceptors (Lipinski definition) is 3. The molecule has 4 N–H and O–H groups in total. The molecule has 9 heavy (non-hydrogen) atoms. The molecule has 56 valence electrons. The zero-order chi connectivity index (χ0) is 7.91. The minimum atomic E-state index is -4.81. The van der Waals surface area contributed by atoms with Crippen LogP contribution in [0.1, 0.15) is 0 Å². The second-order valence-electron chi connectivity index (χ2n) is 0.795. The molecule has 0 atom stereocenters. The highest BCUT2D eigenvalue weighted by atomic mass is 31.2. The number of hydrogen-bond donors (Lipinski definition) is 3. The maximum atomic E-state index is 10.2. The SMILES string of the molecule is C=CN.O=P(O)(O)OF. The normalized spacial score (nSPS) is 9.22. The average Bonchev–Trinajstić information content (AvgIpc) is 1.67. The summed E-state index contributed by atoms with van der Waals surface area (Å²) < 4.78 is 21.4. The summed E-state index contributed by atoms with van der Waals surface area (Å²) in [6.07, 6.45) is 1.25. The van der Waals surface area contributed by atoms with Crippen molar-refractivity contribution in [1.29, 1.82) is 0 Å². The van der Waals surface area contributed by atoms with Crippen molar-refractivity contribution in [2.45, 2.75) is 0 Å². The molecule has 0 amide bonds. The van der Waals surface area contributed by atoms with Crippen molar-refractivity contribution in [3.8, 4) is 0 Å². The molecule has 0 aromatic rings. The molecule has 0 unspecified atom stereocenters. The molecule has 0 saturated carbocycles. The fourth-order valence-electron chi connectivity index (χ4n) is 0. The number of rotatable bonds is 1. The van der Waals surface area contributed by atoms with Crippen LogP contribution in [0, 0.1) is 0 Å². The van der Waals surface area contributed by atoms with E-state index in [-0.39, 0.29) is 0 Å². The summed E-state index contributed by atoms with van der Waals surface area (Å²) in [5.41, 5.74) is 4.61. The Bertz CT molecular complexity index is 111. The third-order valence-corrected chi connectivity index (χ3v) is 0.270. The quantitative estimate of drug-likeness (QED) is 0.470. The summed E-state index contributed by atoms with van der Waals surface area (Å²) in [4.78, 5) is 14.7. The molecule has 0 rings (SSSR count). The molecule has 0 aromatic heterocycles. The third kappa shape index (κ3) is 35.5. The van der Waals surface area contributed by atoms with Crippen LogP contribution in [-0.2, 0) is 9.29 Å². The van der Waals surface area contributed by atoms with E-state index in [1.165, 1.54) is 6.20 Å². The van der Waals surface area contributed by atoms with E-state index in [9.17, 15) is 4.53 Å². The molecule has 0 bridgehead atoms. The van der Waals surface area contributed by atoms with Gasteiger partial charge in [-0.1, -0.05) is 11.3 Å². The lowest BCUT2D eigenvalue weighted by Crippen LogP contribution is -1.71. The highest BCUT2D eigenvalue weighted by molar-refractivity contribution is 7.46. The van der Waals surface area contributed by atoms with Gasteiger partial charge < -0.3 is 15.5 Å². The second-order valence-corrected chi connectivity index (χ2v) is 1.91. The fourth-order valence-corrected chi connectivity index (χ4v) is 0. The lowest BCUT2D eigenvalue weighted by Gasteiger charge is -1.87. The van der Waals surface area contributed by atoms with Gasteiger partial charge >= 0.3 is 7.82 Å². The lowest BCUT2D eigenvalue weighted by molar-refractivity contribution is -0.0389. The minimum absolute atomic E-state index is 1.25. The van der Waals surface area contributed by atoms with Crippen LogP contribution in [0.4, 0.5) is 4.53 Å². The van der Waals surface area contributed by atoms with Crippen LogP contribution >= 0.6 is 7.82 Å². The first-order valence-corrected chi connectivity index (χ1v) is 3.19. The van der Waals surface area contributed by atoms with Crippen LogP contribution < -0.4 is 5.73 Å². The summed E-state index contributed by atoms with van der Waals surface area (Å²) in [6, 6.07) is 0. The van der Waals surface area contributed by atoms with E-state index in [1.54, 1.807) is 0 Å². The highest BCUT2D eigenvalue weighted by Gasteiger charge is 2.12. The monoisotopic (exact) mass is 159 g/mol. The van der Waals surface area contributed by atoms with Crippen molar-refractivity contribution in [3.63, 3.8) is 0 Å². The minimum Gasteiger partial charge on any atom is -0.405 e. The first-order valence-electron chi connectivity index (χ1n) is 1.66. The summed E-state index contributed by atoms with van der Waals surface area (Å²) >= 11 is 0. The standard InChI is InChI=1S/C2H5N.FH2O4P/c1-2-3;1-5-6(2,3)4/h2H,1,3H2;(H2,2,3,4). The van der Waals surface area contributed by atoms with E-state index in [4.69, 9.17) is 14.4 Å². The largest absolute Gasteiger partial charge is 0.500 e. The molecule has 0 spiro atoms. The number of nitrogens with two attached hydrogens (primary N) is 1. The Morgan fingerprint density at radius 1 is 1.78 bits per heavy atom. The molecule has 0 saturated heterocycles. The molecule has 0 heterocycles. The Hall–Kier alpha value is -0.420. The van der Waals surface area contributed by atoms with Crippen molar-refractivity contribution in [2.75, 3.05) is 0 Å². The zero-order valence-electron chi connectivity index (χ0n) is 4.40. The van der Waals surface area contributed by atoms with E-state index < -0.39 is 7.82 Å². The highest BCUT2D eigenvalue weighted by Crippen LogP contribution is 2.35. The van der Waals surface area contributed by atoms with E-state index in [0.717, 1.165) is 0 Å². The Kier molecular flexibility index (Phi) is 7.23. The van der Waals surface area contributed by atoms with Crippen LogP contribution in [0.3, 0.4) is 0 Å². The van der Waals surface area contributed by atoms with Gasteiger partial charge in [0.25, 0.3) is 0 Å². The lowest BCUT2D eigenvalue weighted by atomic mass is 11.1. The predicted molar refractivity (Wildman–Crippen MR) is 28.6 cm³/mol. The van der Waals surface area contributed by atoms with Gasteiger partial charge in [-0.2, -0.15) is 0 Å². The molecule has 0 radical (unpaired) electrons. The molecule has 7 heteroatoms. The van der Waals surface area contributed by atoms with Crippen molar-refractivity contribution in [1.82, 2.24) is 0 Å². The van der Waals surface area contributed by atoms with Crippen LogP contribution in [0.15, 0.2) is 12.8 Å². The maximum Gasteiger partial charge on any atom is 0.500 e. The van der Waals surface area contributed by atoms with Gasteiger partial charge in [0.05, 0.1) is 0 Å². The smallest absolute Gasteiger partial charge is 0.405 e. The van der Waals surface area contributed by atoms with Gasteiger partial charge in [0.2, 0.25) is 0 Å². The number of phosphoric acid groups is 1. The number of halogens is 1. The Labute approximate surface area is 51.1 Å². The first-order chi connectivity index (χ1) is 3.97. The van der Waals surface area contributed by atoms with E-state index in [2.05, 4.69) is 17.0 Å². The topological polar surface area (TPSA) is 92.8 Å². The molecular weight excluding hydrogens is 152 g/mol. The average molecular weight is 159 g/mol. The van der Waals surface area contributed by atoms with Crippen LogP contribution in [0.2, 0.25) is 0 Å². The van der Waals surface area contributed by atoms with Gasteiger partial charge in [0.1, 0.15) is 0 Å². The summed E-state index contributed by atoms with van der Waals surface area (Å²) in [5.74, 6) is 0. The van der Waals surface area contributed by atoms with Crippen LogP contribution in [-0.4, -0.2) is 9.79 Å². The Balaban J connectivity index is 0. The second kappa shape index (κ2) is 5.71. The molecular formula is C2H7FNO4P. The molecule has 0 aliphatic rings. The maximum absolute atomic E-state index is 10.2. The van der Waals surface area contributed by atoms with Crippen molar-refractivity contribution in [3.05, 3.63) is 12.8 Å².